The summed E-state index contributed by atoms with van der Waals surface area (Å²) in [5, 5.41) is 0. The first kappa shape index (κ1) is 12.9. The van der Waals surface area contributed by atoms with Gasteiger partial charge in [-0.2, -0.15) is 0 Å². The summed E-state index contributed by atoms with van der Waals surface area (Å²) in [6, 6.07) is 9.62. The van der Waals surface area contributed by atoms with Gasteiger partial charge in [0, 0.05) is 15.4 Å². The molecule has 0 bridgehead atoms. The second kappa shape index (κ2) is 5.38. The van der Waals surface area contributed by atoms with Gasteiger partial charge in [0.15, 0.2) is 0 Å². The zero-order chi connectivity index (χ0) is 12.4. The second-order valence-electron chi connectivity index (χ2n) is 3.80. The van der Waals surface area contributed by atoms with Crippen molar-refractivity contribution in [1.29, 1.82) is 0 Å². The number of hydrogen-bond acceptors (Lipinski definition) is 2. The van der Waals surface area contributed by atoms with Crippen molar-refractivity contribution in [2.75, 3.05) is 0 Å². The maximum atomic E-state index is 6.21. The highest BCUT2D eigenvalue weighted by atomic mass is 79.9. The number of halogens is 2. The zero-order valence-corrected chi connectivity index (χ0v) is 12.6. The SMILES string of the molecule is CCc1ccc(C(N)c2cc(Br)ccc2Br)o1. The Balaban J connectivity index is 2.35. The molecule has 90 valence electrons. The Morgan fingerprint density at radius 3 is 2.65 bits per heavy atom. The molecule has 0 aliphatic carbocycles. The van der Waals surface area contributed by atoms with Crippen LogP contribution in [0.5, 0.6) is 0 Å². The maximum Gasteiger partial charge on any atom is 0.125 e. The molecule has 0 saturated carbocycles. The lowest BCUT2D eigenvalue weighted by Crippen LogP contribution is -2.11. The van der Waals surface area contributed by atoms with E-state index in [0.717, 1.165) is 32.5 Å². The van der Waals surface area contributed by atoms with E-state index in [2.05, 4.69) is 38.8 Å². The van der Waals surface area contributed by atoms with E-state index in [0.29, 0.717) is 0 Å². The van der Waals surface area contributed by atoms with Crippen LogP contribution in [0.1, 0.15) is 30.0 Å². The fourth-order valence-electron chi connectivity index (χ4n) is 1.66. The molecule has 1 heterocycles. The minimum Gasteiger partial charge on any atom is -0.464 e. The van der Waals surface area contributed by atoms with Crippen LogP contribution in [-0.4, -0.2) is 0 Å². The molecule has 2 nitrogen and oxygen atoms in total. The van der Waals surface area contributed by atoms with Crippen LogP contribution in [0.15, 0.2) is 43.7 Å². The largest absolute Gasteiger partial charge is 0.464 e. The standard InChI is InChI=1S/C13H13Br2NO/c1-2-9-4-6-12(17-9)13(16)10-7-8(14)3-5-11(10)15/h3-7,13H,2,16H2,1H3. The van der Waals surface area contributed by atoms with Crippen LogP contribution in [-0.2, 0) is 6.42 Å². The third-order valence-electron chi connectivity index (χ3n) is 2.63. The summed E-state index contributed by atoms with van der Waals surface area (Å²) in [4.78, 5) is 0. The molecule has 2 aromatic rings. The van der Waals surface area contributed by atoms with Crippen LogP contribution in [0.4, 0.5) is 0 Å². The van der Waals surface area contributed by atoms with E-state index in [1.165, 1.54) is 0 Å². The molecule has 2 rings (SSSR count). The topological polar surface area (TPSA) is 39.2 Å². The Hall–Kier alpha value is -0.580. The summed E-state index contributed by atoms with van der Waals surface area (Å²) >= 11 is 6.96. The summed E-state index contributed by atoms with van der Waals surface area (Å²) in [6.45, 7) is 2.06. The van der Waals surface area contributed by atoms with Gasteiger partial charge < -0.3 is 10.2 Å². The Bertz CT molecular complexity index is 522. The van der Waals surface area contributed by atoms with Crippen molar-refractivity contribution in [3.63, 3.8) is 0 Å². The molecule has 0 aliphatic rings. The van der Waals surface area contributed by atoms with Gasteiger partial charge >= 0.3 is 0 Å². The van der Waals surface area contributed by atoms with Crippen LogP contribution < -0.4 is 5.73 Å². The molecule has 2 N–H and O–H groups in total. The molecule has 0 aliphatic heterocycles. The van der Waals surface area contributed by atoms with Gasteiger partial charge in [-0.05, 0) is 35.9 Å². The lowest BCUT2D eigenvalue weighted by Gasteiger charge is -2.12. The van der Waals surface area contributed by atoms with Crippen LogP contribution in [0.25, 0.3) is 0 Å². The predicted octanol–water partition coefficient (Wildman–Crippen LogP) is 4.42. The van der Waals surface area contributed by atoms with Gasteiger partial charge in [-0.15, -0.1) is 0 Å². The van der Waals surface area contributed by atoms with Crippen LogP contribution in [0, 0.1) is 0 Å². The average Bonchev–Trinajstić information content (AvgIpc) is 2.80. The zero-order valence-electron chi connectivity index (χ0n) is 9.41. The number of aryl methyl sites for hydroxylation is 1. The molecule has 1 aromatic heterocycles. The smallest absolute Gasteiger partial charge is 0.125 e. The molecule has 0 spiro atoms. The fraction of sp³-hybridized carbons (Fsp3) is 0.231. The molecule has 17 heavy (non-hydrogen) atoms. The fourth-order valence-corrected chi connectivity index (χ4v) is 2.53. The Labute approximate surface area is 117 Å². The Morgan fingerprint density at radius 1 is 1.24 bits per heavy atom. The Morgan fingerprint density at radius 2 is 2.00 bits per heavy atom. The van der Waals surface area contributed by atoms with E-state index < -0.39 is 0 Å². The van der Waals surface area contributed by atoms with Gasteiger partial charge in [0.1, 0.15) is 11.5 Å². The molecule has 0 saturated heterocycles. The number of nitrogens with two attached hydrogens (primary N) is 1. The van der Waals surface area contributed by atoms with Crippen LogP contribution in [0.2, 0.25) is 0 Å². The maximum absolute atomic E-state index is 6.21. The highest BCUT2D eigenvalue weighted by molar-refractivity contribution is 9.11. The van der Waals surface area contributed by atoms with Crippen molar-refractivity contribution in [1.82, 2.24) is 0 Å². The van der Waals surface area contributed by atoms with Crippen LogP contribution in [0.3, 0.4) is 0 Å². The lowest BCUT2D eigenvalue weighted by molar-refractivity contribution is 0.453. The summed E-state index contributed by atoms with van der Waals surface area (Å²) < 4.78 is 7.68. The number of benzene rings is 1. The number of furan rings is 1. The van der Waals surface area contributed by atoms with Gasteiger partial charge in [0.05, 0.1) is 6.04 Å². The number of rotatable bonds is 3. The van der Waals surface area contributed by atoms with Crippen molar-refractivity contribution >= 4 is 31.9 Å². The minimum absolute atomic E-state index is 0.248. The molecule has 1 atom stereocenters. The van der Waals surface area contributed by atoms with E-state index in [9.17, 15) is 0 Å². The summed E-state index contributed by atoms with van der Waals surface area (Å²) in [5.74, 6) is 1.75. The second-order valence-corrected chi connectivity index (χ2v) is 5.57. The molecule has 0 radical (unpaired) electrons. The molecule has 1 aromatic carbocycles. The predicted molar refractivity (Wildman–Crippen MR) is 76.0 cm³/mol. The van der Waals surface area contributed by atoms with Gasteiger partial charge in [0.25, 0.3) is 0 Å². The molecule has 0 fully saturated rings. The van der Waals surface area contributed by atoms with Crippen molar-refractivity contribution in [3.8, 4) is 0 Å². The monoisotopic (exact) mass is 357 g/mol. The normalized spacial score (nSPS) is 12.7. The first-order valence-electron chi connectivity index (χ1n) is 5.41. The summed E-state index contributed by atoms with van der Waals surface area (Å²) in [5.41, 5.74) is 7.22. The highest BCUT2D eigenvalue weighted by Crippen LogP contribution is 2.30. The molecule has 1 unspecified atom stereocenters. The van der Waals surface area contributed by atoms with Gasteiger partial charge in [0.2, 0.25) is 0 Å². The minimum atomic E-state index is -0.248. The van der Waals surface area contributed by atoms with Gasteiger partial charge in [-0.25, -0.2) is 0 Å². The van der Waals surface area contributed by atoms with Crippen molar-refractivity contribution < 1.29 is 4.42 Å². The van der Waals surface area contributed by atoms with Crippen molar-refractivity contribution in [2.24, 2.45) is 5.73 Å². The average molecular weight is 359 g/mol. The van der Waals surface area contributed by atoms with Crippen molar-refractivity contribution in [2.45, 2.75) is 19.4 Å². The molecular formula is C13H13Br2NO. The summed E-state index contributed by atoms with van der Waals surface area (Å²) in [7, 11) is 0. The van der Waals surface area contributed by atoms with E-state index >= 15 is 0 Å². The van der Waals surface area contributed by atoms with E-state index in [1.54, 1.807) is 0 Å². The van der Waals surface area contributed by atoms with Crippen molar-refractivity contribution in [3.05, 3.63) is 56.4 Å². The third-order valence-corrected chi connectivity index (χ3v) is 3.85. The van der Waals surface area contributed by atoms with E-state index in [4.69, 9.17) is 10.2 Å². The Kier molecular flexibility index (Phi) is 4.07. The number of hydrogen-bond donors (Lipinski definition) is 1. The molecule has 0 amide bonds. The summed E-state index contributed by atoms with van der Waals surface area (Å²) in [6.07, 6.45) is 0.881. The first-order valence-corrected chi connectivity index (χ1v) is 6.99. The van der Waals surface area contributed by atoms with Gasteiger partial charge in [-0.1, -0.05) is 38.8 Å². The molecular weight excluding hydrogens is 346 g/mol. The van der Waals surface area contributed by atoms with E-state index in [-0.39, 0.29) is 6.04 Å². The quantitative estimate of drug-likeness (QED) is 0.882. The highest BCUT2D eigenvalue weighted by Gasteiger charge is 2.16. The molecule has 4 heteroatoms. The first-order chi connectivity index (χ1) is 8.11. The lowest BCUT2D eigenvalue weighted by atomic mass is 10.1. The van der Waals surface area contributed by atoms with Gasteiger partial charge in [-0.3, -0.25) is 0 Å². The van der Waals surface area contributed by atoms with E-state index in [1.807, 2.05) is 30.3 Å². The van der Waals surface area contributed by atoms with Crippen LogP contribution >= 0.6 is 31.9 Å². The third kappa shape index (κ3) is 2.81.